The van der Waals surface area contributed by atoms with Crippen LogP contribution in [0.15, 0.2) is 18.2 Å². The number of rotatable bonds is 6. The van der Waals surface area contributed by atoms with Crippen LogP contribution in [0.25, 0.3) is 0 Å². The van der Waals surface area contributed by atoms with Gasteiger partial charge in [-0.25, -0.2) is 0 Å². The summed E-state index contributed by atoms with van der Waals surface area (Å²) in [5.74, 6) is -0.368. The van der Waals surface area contributed by atoms with Gasteiger partial charge in [0, 0.05) is 18.7 Å². The van der Waals surface area contributed by atoms with Crippen LogP contribution in [0, 0.1) is 10.1 Å². The molecular formula is C15H20ClN3O3. The van der Waals surface area contributed by atoms with Crippen LogP contribution < -0.4 is 5.32 Å². The number of piperidine rings is 1. The quantitative estimate of drug-likeness (QED) is 0.496. The molecule has 1 heterocycles. The van der Waals surface area contributed by atoms with Crippen LogP contribution in [0.3, 0.4) is 0 Å². The van der Waals surface area contributed by atoms with Crippen LogP contribution in [0.4, 0.5) is 5.69 Å². The van der Waals surface area contributed by atoms with E-state index in [2.05, 4.69) is 10.2 Å². The number of likely N-dealkylation sites (tertiary alicyclic amines) is 1. The third-order valence-electron chi connectivity index (χ3n) is 3.79. The SMILES string of the molecule is O=C(NCCCN1CCCCC1)c1cc([N+](=O)[O-])ccc1Cl. The summed E-state index contributed by atoms with van der Waals surface area (Å²) in [5, 5.41) is 13.7. The Hall–Kier alpha value is -1.66. The van der Waals surface area contributed by atoms with Gasteiger partial charge in [-0.2, -0.15) is 0 Å². The number of carbonyl (C=O) groups is 1. The van der Waals surface area contributed by atoms with Gasteiger partial charge in [-0.05, 0) is 45.0 Å². The lowest BCUT2D eigenvalue weighted by atomic mass is 10.1. The molecule has 0 saturated carbocycles. The van der Waals surface area contributed by atoms with Gasteiger partial charge in [0.05, 0.1) is 15.5 Å². The van der Waals surface area contributed by atoms with Crippen molar-refractivity contribution in [2.75, 3.05) is 26.2 Å². The van der Waals surface area contributed by atoms with Crippen molar-refractivity contribution in [2.24, 2.45) is 0 Å². The van der Waals surface area contributed by atoms with Crippen molar-refractivity contribution in [1.82, 2.24) is 10.2 Å². The molecule has 0 bridgehead atoms. The fourth-order valence-electron chi connectivity index (χ4n) is 2.58. The minimum absolute atomic E-state index is 0.136. The van der Waals surface area contributed by atoms with E-state index in [0.717, 1.165) is 26.1 Å². The molecule has 1 aromatic carbocycles. The topological polar surface area (TPSA) is 75.5 Å². The van der Waals surface area contributed by atoms with E-state index in [1.54, 1.807) is 0 Å². The molecule has 1 saturated heterocycles. The molecule has 1 aliphatic rings. The van der Waals surface area contributed by atoms with Gasteiger partial charge in [0.2, 0.25) is 0 Å². The second kappa shape index (κ2) is 8.10. The minimum atomic E-state index is -0.538. The number of amides is 1. The van der Waals surface area contributed by atoms with Gasteiger partial charge in [-0.3, -0.25) is 14.9 Å². The van der Waals surface area contributed by atoms with Crippen LogP contribution in [-0.2, 0) is 0 Å². The fraction of sp³-hybridized carbons (Fsp3) is 0.533. The summed E-state index contributed by atoms with van der Waals surface area (Å²) in [6, 6.07) is 3.88. The number of non-ortho nitro benzene ring substituents is 1. The van der Waals surface area contributed by atoms with Gasteiger partial charge < -0.3 is 10.2 Å². The predicted molar refractivity (Wildman–Crippen MR) is 85.3 cm³/mol. The Morgan fingerprint density at radius 1 is 1.32 bits per heavy atom. The number of nitro groups is 1. The van der Waals surface area contributed by atoms with Crippen LogP contribution in [0.5, 0.6) is 0 Å². The zero-order valence-electron chi connectivity index (χ0n) is 12.4. The van der Waals surface area contributed by atoms with Crippen molar-refractivity contribution in [2.45, 2.75) is 25.7 Å². The number of benzene rings is 1. The van der Waals surface area contributed by atoms with E-state index in [1.165, 1.54) is 37.5 Å². The average molecular weight is 326 g/mol. The Balaban J connectivity index is 1.81. The fourth-order valence-corrected chi connectivity index (χ4v) is 2.79. The van der Waals surface area contributed by atoms with Crippen molar-refractivity contribution in [1.29, 1.82) is 0 Å². The number of nitrogens with one attached hydrogen (secondary N) is 1. The van der Waals surface area contributed by atoms with Gasteiger partial charge in [0.1, 0.15) is 0 Å². The number of nitro benzene ring substituents is 1. The molecule has 0 atom stereocenters. The monoisotopic (exact) mass is 325 g/mol. The van der Waals surface area contributed by atoms with Crippen LogP contribution in [0.1, 0.15) is 36.0 Å². The summed E-state index contributed by atoms with van der Waals surface area (Å²) in [5.41, 5.74) is 0.0108. The van der Waals surface area contributed by atoms with Crippen molar-refractivity contribution in [3.63, 3.8) is 0 Å². The molecule has 0 aliphatic carbocycles. The van der Waals surface area contributed by atoms with Crippen molar-refractivity contribution in [3.8, 4) is 0 Å². The van der Waals surface area contributed by atoms with Gasteiger partial charge >= 0.3 is 0 Å². The zero-order chi connectivity index (χ0) is 15.9. The van der Waals surface area contributed by atoms with E-state index in [4.69, 9.17) is 11.6 Å². The number of nitrogens with zero attached hydrogens (tertiary/aromatic N) is 2. The minimum Gasteiger partial charge on any atom is -0.352 e. The van der Waals surface area contributed by atoms with Crippen molar-refractivity contribution in [3.05, 3.63) is 38.9 Å². The molecule has 1 aromatic rings. The van der Waals surface area contributed by atoms with E-state index < -0.39 is 4.92 Å². The standard InChI is InChI=1S/C15H20ClN3O3/c16-14-6-5-12(19(21)22)11-13(14)15(20)17-7-4-10-18-8-2-1-3-9-18/h5-6,11H,1-4,7-10H2,(H,17,20). The predicted octanol–water partition coefficient (Wildman–Crippen LogP) is 2.85. The number of hydrogen-bond acceptors (Lipinski definition) is 4. The Morgan fingerprint density at radius 2 is 2.05 bits per heavy atom. The zero-order valence-corrected chi connectivity index (χ0v) is 13.1. The third kappa shape index (κ3) is 4.68. The molecule has 1 fully saturated rings. The highest BCUT2D eigenvalue weighted by Gasteiger charge is 2.15. The second-order valence-corrected chi connectivity index (χ2v) is 5.84. The molecule has 0 radical (unpaired) electrons. The maximum atomic E-state index is 12.1. The second-order valence-electron chi connectivity index (χ2n) is 5.43. The molecule has 6 nitrogen and oxygen atoms in total. The highest BCUT2D eigenvalue weighted by Crippen LogP contribution is 2.21. The molecule has 7 heteroatoms. The van der Waals surface area contributed by atoms with Crippen LogP contribution >= 0.6 is 11.6 Å². The number of carbonyl (C=O) groups excluding carboxylic acids is 1. The van der Waals surface area contributed by atoms with Crippen molar-refractivity contribution >= 4 is 23.2 Å². The lowest BCUT2D eigenvalue weighted by molar-refractivity contribution is -0.384. The summed E-state index contributed by atoms with van der Waals surface area (Å²) >= 11 is 5.94. The molecule has 0 aromatic heterocycles. The molecule has 0 spiro atoms. The largest absolute Gasteiger partial charge is 0.352 e. The third-order valence-corrected chi connectivity index (χ3v) is 4.12. The highest BCUT2D eigenvalue weighted by molar-refractivity contribution is 6.33. The molecule has 120 valence electrons. The van der Waals surface area contributed by atoms with E-state index >= 15 is 0 Å². The molecule has 22 heavy (non-hydrogen) atoms. The number of hydrogen-bond donors (Lipinski definition) is 1. The summed E-state index contributed by atoms with van der Waals surface area (Å²) in [6.45, 7) is 3.76. The smallest absolute Gasteiger partial charge is 0.270 e. The Labute approximate surface area is 134 Å². The lowest BCUT2D eigenvalue weighted by Crippen LogP contribution is -2.33. The van der Waals surface area contributed by atoms with E-state index in [1.807, 2.05) is 0 Å². The molecular weight excluding hydrogens is 306 g/mol. The summed E-state index contributed by atoms with van der Waals surface area (Å²) in [6.07, 6.45) is 4.65. The Bertz CT molecular complexity index is 545. The van der Waals surface area contributed by atoms with Crippen LogP contribution in [-0.4, -0.2) is 41.9 Å². The summed E-state index contributed by atoms with van der Waals surface area (Å²) < 4.78 is 0. The summed E-state index contributed by atoms with van der Waals surface area (Å²) in [7, 11) is 0. The first kappa shape index (κ1) is 16.7. The highest BCUT2D eigenvalue weighted by atomic mass is 35.5. The van der Waals surface area contributed by atoms with Gasteiger partial charge in [-0.15, -0.1) is 0 Å². The first-order valence-corrected chi connectivity index (χ1v) is 7.90. The maximum absolute atomic E-state index is 12.1. The first-order valence-electron chi connectivity index (χ1n) is 7.52. The van der Waals surface area contributed by atoms with Crippen molar-refractivity contribution < 1.29 is 9.72 Å². The van der Waals surface area contributed by atoms with E-state index in [-0.39, 0.29) is 22.2 Å². The van der Waals surface area contributed by atoms with Gasteiger partial charge in [-0.1, -0.05) is 18.0 Å². The van der Waals surface area contributed by atoms with Crippen LogP contribution in [0.2, 0.25) is 5.02 Å². The number of halogens is 1. The van der Waals surface area contributed by atoms with Gasteiger partial charge in [0.15, 0.2) is 0 Å². The normalized spacial score (nSPS) is 15.5. The maximum Gasteiger partial charge on any atom is 0.270 e. The Kier molecular flexibility index (Phi) is 6.15. The van der Waals surface area contributed by atoms with Gasteiger partial charge in [0.25, 0.3) is 11.6 Å². The first-order chi connectivity index (χ1) is 10.6. The molecule has 2 rings (SSSR count). The van der Waals surface area contributed by atoms with E-state index in [0.29, 0.717) is 6.54 Å². The average Bonchev–Trinajstić information content (AvgIpc) is 2.52. The molecule has 0 unspecified atom stereocenters. The summed E-state index contributed by atoms with van der Waals surface area (Å²) in [4.78, 5) is 24.7. The lowest BCUT2D eigenvalue weighted by Gasteiger charge is -2.26. The molecule has 1 aliphatic heterocycles. The molecule has 1 N–H and O–H groups in total. The van der Waals surface area contributed by atoms with E-state index in [9.17, 15) is 14.9 Å². The molecule has 1 amide bonds. The Morgan fingerprint density at radius 3 is 2.73 bits per heavy atom.